The Morgan fingerprint density at radius 2 is 1.54 bits per heavy atom. The second-order valence-corrected chi connectivity index (χ2v) is 11.3. The van der Waals surface area contributed by atoms with Crippen LogP contribution in [0.3, 0.4) is 0 Å². The van der Waals surface area contributed by atoms with E-state index in [0.29, 0.717) is 59.0 Å². The molecule has 5 nitrogen and oxygen atoms in total. The molecule has 10 atom stereocenters. The predicted octanol–water partition coefficient (Wildman–Crippen LogP) is 2.47. The molecule has 7 rings (SSSR count). The van der Waals surface area contributed by atoms with Crippen molar-refractivity contribution in [2.45, 2.75) is 17.7 Å². The van der Waals surface area contributed by atoms with E-state index in [4.69, 9.17) is 0 Å². The maximum atomic E-state index is 12.7. The molecule has 5 saturated carbocycles. The number of hydrazone groups is 1. The van der Waals surface area contributed by atoms with E-state index >= 15 is 0 Å². The zero-order valence-electron chi connectivity index (χ0n) is 15.3. The number of ketones is 1. The topological polar surface area (TPSA) is 75.6 Å². The minimum Gasteiger partial charge on any atom is -0.299 e. The van der Waals surface area contributed by atoms with Crippen molar-refractivity contribution in [2.24, 2.45) is 64.3 Å². The van der Waals surface area contributed by atoms with E-state index in [2.05, 4.69) is 22.1 Å². The second kappa shape index (κ2) is 4.96. The Labute approximate surface area is 164 Å². The lowest BCUT2D eigenvalue weighted by molar-refractivity contribution is -0.122. The van der Waals surface area contributed by atoms with Gasteiger partial charge in [-0.2, -0.15) is 13.5 Å². The standard InChI is InChI=1S/C22H22N2O3S/c25-16-9-14-13-8-15(23-24-28(26,27)10-4-2-1-3-5-10)18-11-6-7-12-17(11)22(20(13)18)21(14)19(12)16/h1-7,11-14,17-22,24H,8-9H2/b23-15-/t11-,12+,13+,14-,17+,18+,19+,20-,21-,22-/m1/s1. The fourth-order valence-corrected chi connectivity index (χ4v) is 9.38. The Morgan fingerprint density at radius 1 is 0.857 bits per heavy atom. The molecule has 6 heteroatoms. The van der Waals surface area contributed by atoms with Gasteiger partial charge in [0.15, 0.2) is 0 Å². The highest BCUT2D eigenvalue weighted by Crippen LogP contribution is 2.77. The van der Waals surface area contributed by atoms with Gasteiger partial charge in [-0.25, -0.2) is 4.83 Å². The first kappa shape index (κ1) is 15.9. The fourth-order valence-electron chi connectivity index (χ4n) is 8.52. The molecule has 0 heterocycles. The van der Waals surface area contributed by atoms with Crippen LogP contribution < -0.4 is 4.83 Å². The van der Waals surface area contributed by atoms with Gasteiger partial charge in [0.05, 0.1) is 4.90 Å². The van der Waals surface area contributed by atoms with Crippen molar-refractivity contribution >= 4 is 21.5 Å². The fraction of sp³-hybridized carbons (Fsp3) is 0.545. The summed E-state index contributed by atoms with van der Waals surface area (Å²) in [5.41, 5.74) is 1.02. The van der Waals surface area contributed by atoms with Gasteiger partial charge in [0, 0.05) is 24.0 Å². The lowest BCUT2D eigenvalue weighted by Gasteiger charge is -2.21. The molecule has 144 valence electrons. The van der Waals surface area contributed by atoms with Crippen molar-refractivity contribution in [1.82, 2.24) is 4.83 Å². The van der Waals surface area contributed by atoms with Gasteiger partial charge in [-0.3, -0.25) is 4.79 Å². The van der Waals surface area contributed by atoms with Crippen LogP contribution in [0.2, 0.25) is 0 Å². The van der Waals surface area contributed by atoms with Crippen LogP contribution in [0.5, 0.6) is 0 Å². The summed E-state index contributed by atoms with van der Waals surface area (Å²) < 4.78 is 25.2. The molecule has 0 aliphatic heterocycles. The normalized spacial score (nSPS) is 50.1. The number of nitrogens with zero attached hydrogens (tertiary/aromatic N) is 1. The third kappa shape index (κ3) is 1.69. The molecule has 1 aromatic carbocycles. The van der Waals surface area contributed by atoms with Gasteiger partial charge < -0.3 is 0 Å². The zero-order chi connectivity index (χ0) is 18.8. The van der Waals surface area contributed by atoms with Crippen molar-refractivity contribution in [3.63, 3.8) is 0 Å². The molecule has 1 N–H and O–H groups in total. The number of benzene rings is 1. The van der Waals surface area contributed by atoms with E-state index in [1.165, 1.54) is 0 Å². The summed E-state index contributed by atoms with van der Waals surface area (Å²) in [5.74, 6) is 5.50. The minimum absolute atomic E-state index is 0.242. The molecule has 28 heavy (non-hydrogen) atoms. The number of fused-ring (bicyclic) bond motifs is 3. The lowest BCUT2D eigenvalue weighted by Crippen LogP contribution is -2.26. The number of hydrogen-bond donors (Lipinski definition) is 1. The average molecular weight is 394 g/mol. The first-order chi connectivity index (χ1) is 13.6. The van der Waals surface area contributed by atoms with Crippen molar-refractivity contribution in [3.05, 3.63) is 42.5 Å². The Bertz CT molecular complexity index is 1060. The third-order valence-electron chi connectivity index (χ3n) is 8.98. The molecule has 0 spiro atoms. The highest BCUT2D eigenvalue weighted by atomic mass is 32.2. The minimum atomic E-state index is -3.64. The summed E-state index contributed by atoms with van der Waals surface area (Å²) in [4.78, 5) is 15.5. The monoisotopic (exact) mass is 394 g/mol. The number of allylic oxidation sites excluding steroid dienone is 2. The van der Waals surface area contributed by atoms with Gasteiger partial charge >= 0.3 is 0 Å². The quantitative estimate of drug-likeness (QED) is 0.632. The maximum Gasteiger partial charge on any atom is 0.276 e. The number of hydrogen-bond acceptors (Lipinski definition) is 4. The smallest absolute Gasteiger partial charge is 0.276 e. The average Bonchev–Trinajstić information content (AvgIpc) is 3.45. The van der Waals surface area contributed by atoms with E-state index < -0.39 is 10.0 Å². The third-order valence-corrected chi connectivity index (χ3v) is 10.2. The number of nitrogens with one attached hydrogen (secondary N) is 1. The molecule has 0 aromatic heterocycles. The van der Waals surface area contributed by atoms with Gasteiger partial charge in [0.1, 0.15) is 5.78 Å². The van der Waals surface area contributed by atoms with Crippen molar-refractivity contribution < 1.29 is 13.2 Å². The molecule has 0 bridgehead atoms. The zero-order valence-corrected chi connectivity index (χ0v) is 16.1. The highest BCUT2D eigenvalue weighted by Gasteiger charge is 2.76. The van der Waals surface area contributed by atoms with Crippen LogP contribution in [0.1, 0.15) is 12.8 Å². The molecule has 6 aliphatic rings. The molecule has 6 aliphatic carbocycles. The number of carbonyl (C=O) groups excluding carboxylic acids is 1. The van der Waals surface area contributed by atoms with Crippen molar-refractivity contribution in [3.8, 4) is 0 Å². The van der Waals surface area contributed by atoms with Gasteiger partial charge in [-0.1, -0.05) is 30.4 Å². The summed E-state index contributed by atoms with van der Waals surface area (Å²) >= 11 is 0. The summed E-state index contributed by atoms with van der Waals surface area (Å²) in [5, 5.41) is 4.49. The van der Waals surface area contributed by atoms with Crippen molar-refractivity contribution in [1.29, 1.82) is 0 Å². The Kier molecular flexibility index (Phi) is 2.82. The van der Waals surface area contributed by atoms with Gasteiger partial charge in [0.25, 0.3) is 10.0 Å². The van der Waals surface area contributed by atoms with E-state index in [0.717, 1.165) is 18.6 Å². The van der Waals surface area contributed by atoms with Gasteiger partial charge in [-0.05, 0) is 65.9 Å². The SMILES string of the molecule is O=C1C[C@@H]2[C@@H]3C/C(=N/NS(=O)(=O)c4ccccc4)[C@@H]4[C@@H]5C=C[C@@H]6[C@@H]1[C@@H]2[C@H]([C@H]65)[C@H]34. The number of Topliss-reactive ketones (excluding diaryl/α,β-unsaturated/α-hetero) is 1. The summed E-state index contributed by atoms with van der Waals surface area (Å²) in [6, 6.07) is 8.42. The molecular formula is C22H22N2O3S. The number of sulfonamides is 1. The van der Waals surface area contributed by atoms with E-state index in [-0.39, 0.29) is 10.8 Å². The molecule has 0 radical (unpaired) electrons. The van der Waals surface area contributed by atoms with E-state index in [1.807, 2.05) is 0 Å². The summed E-state index contributed by atoms with van der Waals surface area (Å²) in [6.45, 7) is 0. The van der Waals surface area contributed by atoms with Crippen LogP contribution in [-0.4, -0.2) is 19.9 Å². The van der Waals surface area contributed by atoms with Crippen LogP contribution in [-0.2, 0) is 14.8 Å². The molecule has 5 fully saturated rings. The molecule has 0 saturated heterocycles. The van der Waals surface area contributed by atoms with E-state index in [1.54, 1.807) is 30.3 Å². The Morgan fingerprint density at radius 3 is 2.32 bits per heavy atom. The van der Waals surface area contributed by atoms with Crippen LogP contribution >= 0.6 is 0 Å². The largest absolute Gasteiger partial charge is 0.299 e. The predicted molar refractivity (Wildman–Crippen MR) is 102 cm³/mol. The van der Waals surface area contributed by atoms with E-state index in [9.17, 15) is 13.2 Å². The van der Waals surface area contributed by atoms with Gasteiger partial charge in [-0.15, -0.1) is 0 Å². The summed E-state index contributed by atoms with van der Waals surface area (Å²) in [7, 11) is -3.64. The molecule has 0 unspecified atom stereocenters. The Balaban J connectivity index is 1.26. The number of carbonyl (C=O) groups is 1. The van der Waals surface area contributed by atoms with Crippen LogP contribution in [0.15, 0.2) is 52.5 Å². The Hall–Kier alpha value is -1.95. The molecule has 0 amide bonds. The van der Waals surface area contributed by atoms with Crippen LogP contribution in [0.25, 0.3) is 0 Å². The van der Waals surface area contributed by atoms with Crippen molar-refractivity contribution in [2.75, 3.05) is 0 Å². The van der Waals surface area contributed by atoms with Crippen LogP contribution in [0.4, 0.5) is 0 Å². The second-order valence-electron chi connectivity index (χ2n) is 9.61. The maximum absolute atomic E-state index is 12.7. The highest BCUT2D eigenvalue weighted by molar-refractivity contribution is 7.89. The molecular weight excluding hydrogens is 372 g/mol. The lowest BCUT2D eigenvalue weighted by atomic mass is 9.83. The first-order valence-corrected chi connectivity index (χ1v) is 11.9. The van der Waals surface area contributed by atoms with Crippen LogP contribution in [0, 0.1) is 59.2 Å². The number of rotatable bonds is 3. The summed E-state index contributed by atoms with van der Waals surface area (Å²) in [6.07, 6.45) is 6.24. The molecule has 1 aromatic rings. The van der Waals surface area contributed by atoms with Gasteiger partial charge in [0.2, 0.25) is 0 Å². The first-order valence-electron chi connectivity index (χ1n) is 10.4.